The van der Waals surface area contributed by atoms with Crippen molar-refractivity contribution in [3.05, 3.63) is 16.6 Å². The zero-order valence-corrected chi connectivity index (χ0v) is 6.13. The molecule has 54 valence electrons. The van der Waals surface area contributed by atoms with E-state index in [1.165, 1.54) is 0 Å². The van der Waals surface area contributed by atoms with Crippen molar-refractivity contribution in [2.24, 2.45) is 0 Å². The molecule has 4 heteroatoms. The van der Waals surface area contributed by atoms with E-state index in [1.54, 1.807) is 17.5 Å². The van der Waals surface area contributed by atoms with Crippen LogP contribution in [-0.4, -0.2) is 18.1 Å². The van der Waals surface area contributed by atoms with E-state index in [9.17, 15) is 4.79 Å². The van der Waals surface area contributed by atoms with Gasteiger partial charge in [-0.2, -0.15) is 0 Å². The van der Waals surface area contributed by atoms with Gasteiger partial charge < -0.3 is 4.74 Å². The van der Waals surface area contributed by atoms with Crippen molar-refractivity contribution in [2.75, 3.05) is 6.61 Å². The van der Waals surface area contributed by atoms with E-state index in [0.29, 0.717) is 13.1 Å². The molecule has 0 saturated carbocycles. The quantitative estimate of drug-likeness (QED) is 0.480. The highest BCUT2D eigenvalue weighted by atomic mass is 32.1. The van der Waals surface area contributed by atoms with Gasteiger partial charge in [0.1, 0.15) is 0 Å². The average molecular weight is 157 g/mol. The molecule has 1 heterocycles. The topological polar surface area (TPSA) is 39.2 Å². The highest BCUT2D eigenvalue weighted by Gasteiger charge is 1.93. The molecule has 0 fully saturated rings. The van der Waals surface area contributed by atoms with Gasteiger partial charge in [0.2, 0.25) is 0 Å². The molecule has 0 bridgehead atoms. The summed E-state index contributed by atoms with van der Waals surface area (Å²) in [4.78, 5) is 13.7. The van der Waals surface area contributed by atoms with Crippen molar-refractivity contribution in [2.45, 2.75) is 6.42 Å². The maximum Gasteiger partial charge on any atom is 0.293 e. The van der Waals surface area contributed by atoms with Gasteiger partial charge in [0.15, 0.2) is 0 Å². The Morgan fingerprint density at radius 3 is 3.30 bits per heavy atom. The summed E-state index contributed by atoms with van der Waals surface area (Å²) in [5, 5.41) is 2.90. The molecule has 0 aliphatic heterocycles. The van der Waals surface area contributed by atoms with E-state index in [4.69, 9.17) is 0 Å². The average Bonchev–Trinajstić information content (AvgIpc) is 2.41. The number of carbonyl (C=O) groups excluding carboxylic acids is 1. The van der Waals surface area contributed by atoms with E-state index in [1.807, 2.05) is 5.38 Å². The van der Waals surface area contributed by atoms with Crippen molar-refractivity contribution in [1.82, 2.24) is 4.98 Å². The molecule has 0 unspecified atom stereocenters. The van der Waals surface area contributed by atoms with Gasteiger partial charge in [-0.05, 0) is 0 Å². The second kappa shape index (κ2) is 4.00. The fourth-order valence-corrected chi connectivity index (χ4v) is 1.17. The second-order valence-electron chi connectivity index (χ2n) is 1.64. The third-order valence-corrected chi connectivity index (χ3v) is 1.82. The summed E-state index contributed by atoms with van der Waals surface area (Å²) >= 11 is 1.57. The van der Waals surface area contributed by atoms with E-state index in [0.717, 1.165) is 11.4 Å². The third-order valence-electron chi connectivity index (χ3n) is 0.985. The molecule has 0 atom stereocenters. The van der Waals surface area contributed by atoms with Crippen molar-refractivity contribution in [3.63, 3.8) is 0 Å². The zero-order chi connectivity index (χ0) is 7.23. The van der Waals surface area contributed by atoms with Gasteiger partial charge in [0.05, 0.1) is 11.6 Å². The largest absolute Gasteiger partial charge is 0.467 e. The maximum absolute atomic E-state index is 9.69. The number of hydrogen-bond acceptors (Lipinski definition) is 4. The Bertz CT molecular complexity index is 186. The van der Waals surface area contributed by atoms with Gasteiger partial charge in [0.25, 0.3) is 6.47 Å². The highest BCUT2D eigenvalue weighted by Crippen LogP contribution is 2.03. The molecule has 10 heavy (non-hydrogen) atoms. The first-order chi connectivity index (χ1) is 4.93. The normalized spacial score (nSPS) is 9.20. The number of ether oxygens (including phenoxy) is 1. The summed E-state index contributed by atoms with van der Waals surface area (Å²) in [5.41, 5.74) is 0. The Labute approximate surface area is 62.7 Å². The summed E-state index contributed by atoms with van der Waals surface area (Å²) in [6, 6.07) is 0. The Morgan fingerprint density at radius 1 is 1.80 bits per heavy atom. The van der Waals surface area contributed by atoms with Crippen LogP contribution in [0.3, 0.4) is 0 Å². The lowest BCUT2D eigenvalue weighted by Gasteiger charge is -1.92. The molecule has 0 aliphatic carbocycles. The fraction of sp³-hybridized carbons (Fsp3) is 0.333. The van der Waals surface area contributed by atoms with Gasteiger partial charge in [-0.15, -0.1) is 11.3 Å². The van der Waals surface area contributed by atoms with E-state index in [2.05, 4.69) is 9.72 Å². The van der Waals surface area contributed by atoms with E-state index in [-0.39, 0.29) is 0 Å². The van der Waals surface area contributed by atoms with Gasteiger partial charge in [-0.3, -0.25) is 4.79 Å². The summed E-state index contributed by atoms with van der Waals surface area (Å²) in [5.74, 6) is 0. The number of hydrogen-bond donors (Lipinski definition) is 0. The number of carbonyl (C=O) groups is 1. The fourth-order valence-electron chi connectivity index (χ4n) is 0.571. The number of aromatic nitrogens is 1. The van der Waals surface area contributed by atoms with Gasteiger partial charge in [-0.25, -0.2) is 4.98 Å². The molecule has 1 aromatic heterocycles. The van der Waals surface area contributed by atoms with Crippen LogP contribution >= 0.6 is 11.3 Å². The summed E-state index contributed by atoms with van der Waals surface area (Å²) in [7, 11) is 0. The molecule has 1 rings (SSSR count). The lowest BCUT2D eigenvalue weighted by molar-refractivity contribution is -0.128. The highest BCUT2D eigenvalue weighted by molar-refractivity contribution is 7.09. The Morgan fingerprint density at radius 2 is 2.70 bits per heavy atom. The first kappa shape index (κ1) is 7.21. The Kier molecular flexibility index (Phi) is 2.89. The first-order valence-corrected chi connectivity index (χ1v) is 3.75. The zero-order valence-electron chi connectivity index (χ0n) is 5.32. The SMILES string of the molecule is O=COCCc1nccs1. The molecule has 1 aromatic rings. The van der Waals surface area contributed by atoms with E-state index >= 15 is 0 Å². The molecule has 3 nitrogen and oxygen atoms in total. The molecular weight excluding hydrogens is 150 g/mol. The van der Waals surface area contributed by atoms with Crippen LogP contribution in [0.5, 0.6) is 0 Å². The van der Waals surface area contributed by atoms with Crippen molar-refractivity contribution in [3.8, 4) is 0 Å². The minimum absolute atomic E-state index is 0.428. The smallest absolute Gasteiger partial charge is 0.293 e. The predicted molar refractivity (Wildman–Crippen MR) is 37.8 cm³/mol. The van der Waals surface area contributed by atoms with Crippen LogP contribution < -0.4 is 0 Å². The minimum Gasteiger partial charge on any atom is -0.467 e. The summed E-state index contributed by atoms with van der Waals surface area (Å²) in [6.07, 6.45) is 2.46. The van der Waals surface area contributed by atoms with Crippen LogP contribution in [0.4, 0.5) is 0 Å². The number of nitrogens with zero attached hydrogens (tertiary/aromatic N) is 1. The maximum atomic E-state index is 9.69. The number of thiazole rings is 1. The molecule has 0 aliphatic rings. The van der Waals surface area contributed by atoms with Crippen LogP contribution in [0.15, 0.2) is 11.6 Å². The molecule has 0 spiro atoms. The lowest BCUT2D eigenvalue weighted by atomic mass is 10.5. The molecular formula is C6H7NO2S. The molecule has 0 N–H and O–H groups in total. The summed E-state index contributed by atoms with van der Waals surface area (Å²) < 4.78 is 4.49. The second-order valence-corrected chi connectivity index (χ2v) is 2.62. The Hall–Kier alpha value is -0.900. The van der Waals surface area contributed by atoms with Gasteiger partial charge in [-0.1, -0.05) is 0 Å². The van der Waals surface area contributed by atoms with Crippen LogP contribution in [0.25, 0.3) is 0 Å². The Balaban J connectivity index is 2.21. The van der Waals surface area contributed by atoms with Crippen LogP contribution in [0.1, 0.15) is 5.01 Å². The van der Waals surface area contributed by atoms with Crippen molar-refractivity contribution in [1.29, 1.82) is 0 Å². The van der Waals surface area contributed by atoms with E-state index < -0.39 is 0 Å². The third kappa shape index (κ3) is 2.14. The molecule has 0 radical (unpaired) electrons. The molecule has 0 amide bonds. The standard InChI is InChI=1S/C6H7NO2S/c8-5-9-3-1-6-7-2-4-10-6/h2,4-5H,1,3H2. The minimum atomic E-state index is 0.428. The molecule has 0 saturated heterocycles. The van der Waals surface area contributed by atoms with Gasteiger partial charge in [0, 0.05) is 18.0 Å². The van der Waals surface area contributed by atoms with Crippen LogP contribution in [0, 0.1) is 0 Å². The van der Waals surface area contributed by atoms with Crippen molar-refractivity contribution < 1.29 is 9.53 Å². The van der Waals surface area contributed by atoms with Gasteiger partial charge >= 0.3 is 0 Å². The van der Waals surface area contributed by atoms with Crippen LogP contribution in [0.2, 0.25) is 0 Å². The molecule has 0 aromatic carbocycles. The van der Waals surface area contributed by atoms with Crippen LogP contribution in [-0.2, 0) is 16.0 Å². The summed E-state index contributed by atoms with van der Waals surface area (Å²) in [6.45, 7) is 0.880. The lowest BCUT2D eigenvalue weighted by Crippen LogP contribution is -1.95. The predicted octanol–water partition coefficient (Wildman–Crippen LogP) is 0.859. The first-order valence-electron chi connectivity index (χ1n) is 2.87. The number of rotatable bonds is 4. The monoisotopic (exact) mass is 157 g/mol. The van der Waals surface area contributed by atoms with Crippen molar-refractivity contribution >= 4 is 17.8 Å².